The molecule has 0 aliphatic carbocycles. The van der Waals surface area contributed by atoms with E-state index in [-0.39, 0.29) is 18.0 Å². The minimum atomic E-state index is -0.566. The second-order valence-electron chi connectivity index (χ2n) is 7.90. The van der Waals surface area contributed by atoms with Crippen LogP contribution in [-0.4, -0.2) is 38.2 Å². The number of aryl methyl sites for hydroxylation is 2. The van der Waals surface area contributed by atoms with Crippen LogP contribution in [0.4, 0.5) is 10.1 Å². The average molecular weight is 439 g/mol. The first-order valence-corrected chi connectivity index (χ1v) is 10.8. The number of aromatic amines is 1. The van der Waals surface area contributed by atoms with E-state index in [1.54, 1.807) is 32.9 Å². The number of carbonyl (C=O) groups is 2. The molecule has 1 aliphatic rings. The maximum absolute atomic E-state index is 14.6. The van der Waals surface area contributed by atoms with E-state index in [0.717, 1.165) is 38.1 Å². The minimum Gasteiger partial charge on any atom is -0.462 e. The lowest BCUT2D eigenvalue weighted by molar-refractivity contribution is 0.0525. The number of hydrogen-bond donors (Lipinski definition) is 2. The van der Waals surface area contributed by atoms with Crippen LogP contribution in [0.2, 0.25) is 0 Å². The van der Waals surface area contributed by atoms with Crippen molar-refractivity contribution < 1.29 is 18.7 Å². The highest BCUT2D eigenvalue weighted by atomic mass is 19.1. The van der Waals surface area contributed by atoms with E-state index in [2.05, 4.69) is 25.1 Å². The molecule has 8 nitrogen and oxygen atoms in total. The van der Waals surface area contributed by atoms with Crippen molar-refractivity contribution in [1.29, 1.82) is 0 Å². The Morgan fingerprint density at radius 3 is 2.81 bits per heavy atom. The number of anilines is 1. The Labute approximate surface area is 185 Å². The second-order valence-corrected chi connectivity index (χ2v) is 7.90. The molecular weight excluding hydrogens is 413 g/mol. The SMILES string of the molecule is CCOC(=O)c1c(C)[nH]c(C(=O)Nc2cc(-c3nnc4n3CCCCC4)ccc2F)c1C. The molecule has 3 heterocycles. The highest BCUT2D eigenvalue weighted by molar-refractivity contribution is 6.07. The molecule has 2 N–H and O–H groups in total. The van der Waals surface area contributed by atoms with Crippen LogP contribution in [0.1, 0.15) is 64.1 Å². The van der Waals surface area contributed by atoms with Crippen LogP contribution < -0.4 is 5.32 Å². The van der Waals surface area contributed by atoms with Crippen LogP contribution >= 0.6 is 0 Å². The van der Waals surface area contributed by atoms with E-state index < -0.39 is 17.7 Å². The number of aromatic nitrogens is 4. The Morgan fingerprint density at radius 1 is 1.22 bits per heavy atom. The van der Waals surface area contributed by atoms with Crippen molar-refractivity contribution in [3.8, 4) is 11.4 Å². The number of nitrogens with zero attached hydrogens (tertiary/aromatic N) is 3. The number of rotatable bonds is 5. The van der Waals surface area contributed by atoms with Gasteiger partial charge in [-0.2, -0.15) is 0 Å². The molecule has 4 rings (SSSR count). The van der Waals surface area contributed by atoms with E-state index in [0.29, 0.717) is 28.2 Å². The molecule has 168 valence electrons. The van der Waals surface area contributed by atoms with Gasteiger partial charge in [-0.3, -0.25) is 4.79 Å². The van der Waals surface area contributed by atoms with Gasteiger partial charge in [-0.1, -0.05) is 6.42 Å². The molecule has 1 aliphatic heterocycles. The van der Waals surface area contributed by atoms with Gasteiger partial charge in [0.1, 0.15) is 17.3 Å². The predicted octanol–water partition coefficient (Wildman–Crippen LogP) is 4.18. The fraction of sp³-hybridized carbons (Fsp3) is 0.391. The maximum atomic E-state index is 14.6. The van der Waals surface area contributed by atoms with Crippen LogP contribution in [0.5, 0.6) is 0 Å². The van der Waals surface area contributed by atoms with Crippen molar-refractivity contribution in [2.75, 3.05) is 11.9 Å². The summed E-state index contributed by atoms with van der Waals surface area (Å²) in [6.07, 6.45) is 4.12. The van der Waals surface area contributed by atoms with Gasteiger partial charge in [-0.25, -0.2) is 9.18 Å². The number of H-pyrrole nitrogens is 1. The summed E-state index contributed by atoms with van der Waals surface area (Å²) in [6, 6.07) is 4.50. The summed E-state index contributed by atoms with van der Waals surface area (Å²) in [5.74, 6) is -0.0229. The number of ether oxygens (including phenoxy) is 1. The Morgan fingerprint density at radius 2 is 2.03 bits per heavy atom. The molecule has 0 bridgehead atoms. The average Bonchev–Trinajstić information content (AvgIpc) is 3.20. The molecule has 32 heavy (non-hydrogen) atoms. The van der Waals surface area contributed by atoms with E-state index in [1.165, 1.54) is 6.07 Å². The van der Waals surface area contributed by atoms with E-state index in [1.807, 2.05) is 0 Å². The summed E-state index contributed by atoms with van der Waals surface area (Å²) in [6.45, 7) is 6.10. The van der Waals surface area contributed by atoms with Gasteiger partial charge in [-0.05, 0) is 57.4 Å². The maximum Gasteiger partial charge on any atom is 0.340 e. The molecule has 0 saturated heterocycles. The van der Waals surface area contributed by atoms with Gasteiger partial charge >= 0.3 is 5.97 Å². The Hall–Kier alpha value is -3.49. The van der Waals surface area contributed by atoms with Gasteiger partial charge in [-0.15, -0.1) is 10.2 Å². The molecule has 9 heteroatoms. The first-order valence-electron chi connectivity index (χ1n) is 10.8. The molecule has 1 amide bonds. The Kier molecular flexibility index (Phi) is 6.07. The molecule has 0 radical (unpaired) electrons. The Bertz CT molecular complexity index is 1180. The number of carbonyl (C=O) groups excluding carboxylic acids is 2. The van der Waals surface area contributed by atoms with Crippen LogP contribution in [0.25, 0.3) is 11.4 Å². The van der Waals surface area contributed by atoms with Gasteiger partial charge in [0.2, 0.25) is 0 Å². The normalized spacial score (nSPS) is 13.4. The molecule has 2 aromatic heterocycles. The van der Waals surface area contributed by atoms with Crippen LogP contribution in [0, 0.1) is 19.7 Å². The molecule has 1 aromatic carbocycles. The number of benzene rings is 1. The summed E-state index contributed by atoms with van der Waals surface area (Å²) in [4.78, 5) is 28.0. The zero-order valence-electron chi connectivity index (χ0n) is 18.4. The van der Waals surface area contributed by atoms with Gasteiger partial charge < -0.3 is 19.6 Å². The third-order valence-electron chi connectivity index (χ3n) is 5.73. The topological polar surface area (TPSA) is 102 Å². The van der Waals surface area contributed by atoms with Gasteiger partial charge in [0.15, 0.2) is 5.82 Å². The van der Waals surface area contributed by atoms with E-state index >= 15 is 0 Å². The third kappa shape index (κ3) is 4.02. The number of hydrogen-bond acceptors (Lipinski definition) is 5. The number of amides is 1. The molecule has 0 unspecified atom stereocenters. The molecule has 0 atom stereocenters. The van der Waals surface area contributed by atoms with Crippen molar-refractivity contribution in [1.82, 2.24) is 19.7 Å². The van der Waals surface area contributed by atoms with Crippen molar-refractivity contribution >= 4 is 17.6 Å². The zero-order chi connectivity index (χ0) is 22.8. The number of fused-ring (bicyclic) bond motifs is 1. The Balaban J connectivity index is 1.62. The van der Waals surface area contributed by atoms with Gasteiger partial charge in [0.25, 0.3) is 5.91 Å². The lowest BCUT2D eigenvalue weighted by Gasteiger charge is -2.10. The largest absolute Gasteiger partial charge is 0.462 e. The fourth-order valence-corrected chi connectivity index (χ4v) is 4.13. The molecular formula is C23H26FN5O3. The number of halogens is 1. The lowest BCUT2D eigenvalue weighted by atomic mass is 10.1. The molecule has 0 saturated carbocycles. The molecule has 3 aromatic rings. The van der Waals surface area contributed by atoms with Crippen molar-refractivity contribution in [3.63, 3.8) is 0 Å². The van der Waals surface area contributed by atoms with Crippen LogP contribution in [0.3, 0.4) is 0 Å². The quantitative estimate of drug-likeness (QED) is 0.581. The zero-order valence-corrected chi connectivity index (χ0v) is 18.4. The monoisotopic (exact) mass is 439 g/mol. The number of nitrogens with one attached hydrogen (secondary N) is 2. The fourth-order valence-electron chi connectivity index (χ4n) is 4.13. The summed E-state index contributed by atoms with van der Waals surface area (Å²) in [5, 5.41) is 11.2. The third-order valence-corrected chi connectivity index (χ3v) is 5.73. The van der Waals surface area contributed by atoms with Crippen LogP contribution in [0.15, 0.2) is 18.2 Å². The molecule has 0 fully saturated rings. The standard InChI is InChI=1S/C23H26FN5O3/c1-4-32-23(31)19-13(2)20(25-14(19)3)22(30)26-17-12-15(9-10-16(17)24)21-28-27-18-8-6-5-7-11-29(18)21/h9-10,12,25H,4-8,11H2,1-3H3,(H,26,30). The summed E-state index contributed by atoms with van der Waals surface area (Å²) in [5.41, 5.74) is 2.19. The smallest absolute Gasteiger partial charge is 0.340 e. The predicted molar refractivity (Wildman–Crippen MR) is 117 cm³/mol. The van der Waals surface area contributed by atoms with Crippen molar-refractivity contribution in [2.45, 2.75) is 53.0 Å². The van der Waals surface area contributed by atoms with Gasteiger partial charge in [0.05, 0.1) is 17.9 Å². The molecule has 0 spiro atoms. The van der Waals surface area contributed by atoms with Crippen LogP contribution in [-0.2, 0) is 17.7 Å². The number of esters is 1. The highest BCUT2D eigenvalue weighted by Crippen LogP contribution is 2.27. The van der Waals surface area contributed by atoms with E-state index in [4.69, 9.17) is 4.74 Å². The summed E-state index contributed by atoms with van der Waals surface area (Å²) in [7, 11) is 0. The first-order chi connectivity index (χ1) is 15.4. The second kappa shape index (κ2) is 8.94. The minimum absolute atomic E-state index is 0.0304. The van der Waals surface area contributed by atoms with Gasteiger partial charge in [0, 0.05) is 24.2 Å². The summed E-state index contributed by atoms with van der Waals surface area (Å²) < 4.78 is 21.7. The van der Waals surface area contributed by atoms with Crippen molar-refractivity contribution in [3.05, 3.63) is 52.4 Å². The lowest BCUT2D eigenvalue weighted by Crippen LogP contribution is -2.15. The van der Waals surface area contributed by atoms with E-state index in [9.17, 15) is 14.0 Å². The first kappa shape index (κ1) is 21.7. The summed E-state index contributed by atoms with van der Waals surface area (Å²) >= 11 is 0. The van der Waals surface area contributed by atoms with Crippen molar-refractivity contribution in [2.24, 2.45) is 0 Å². The highest BCUT2D eigenvalue weighted by Gasteiger charge is 2.24.